The molecule has 1 aliphatic carbocycles. The average molecular weight is 430 g/mol. The molecule has 3 aliphatic heterocycles. The van der Waals surface area contributed by atoms with E-state index in [2.05, 4.69) is 13.5 Å². The SMILES string of the molecule is C=C1OC2(O/C1=C/C1=C(C)CC3(C1)C(OC)=COC=C3OC)C(OC)=COC=C2OC. The van der Waals surface area contributed by atoms with Crippen LogP contribution in [0.15, 0.2) is 83.4 Å². The third-order valence-electron chi connectivity index (χ3n) is 5.88. The van der Waals surface area contributed by atoms with Crippen LogP contribution in [0.1, 0.15) is 19.8 Å². The molecule has 0 bridgehead atoms. The lowest BCUT2D eigenvalue weighted by atomic mass is 9.79. The third kappa shape index (κ3) is 3.05. The molecule has 0 saturated carbocycles. The predicted molar refractivity (Wildman–Crippen MR) is 109 cm³/mol. The monoisotopic (exact) mass is 430 g/mol. The third-order valence-corrected chi connectivity index (χ3v) is 5.88. The van der Waals surface area contributed by atoms with Crippen molar-refractivity contribution in [2.24, 2.45) is 5.41 Å². The van der Waals surface area contributed by atoms with Crippen LogP contribution in [0, 0.1) is 5.41 Å². The van der Waals surface area contributed by atoms with Crippen molar-refractivity contribution in [3.8, 4) is 0 Å². The molecule has 4 aliphatic rings. The Morgan fingerprint density at radius 2 is 1.32 bits per heavy atom. The van der Waals surface area contributed by atoms with Crippen molar-refractivity contribution in [1.82, 2.24) is 0 Å². The molecule has 0 aromatic rings. The zero-order valence-electron chi connectivity index (χ0n) is 18.3. The zero-order valence-corrected chi connectivity index (χ0v) is 18.3. The standard InChI is InChI=1S/C23H26O8/c1-14-8-22(18(24-3)10-28-11-19(22)25-4)9-16(14)7-17-15(2)30-23(31-17)20(26-5)12-29-13-21(23)27-6/h7,10-13H,2,8-9H2,1,3-6H3/b17-7+. The molecule has 3 heterocycles. The van der Waals surface area contributed by atoms with Crippen molar-refractivity contribution in [3.63, 3.8) is 0 Å². The highest BCUT2D eigenvalue weighted by molar-refractivity contribution is 5.45. The van der Waals surface area contributed by atoms with Crippen LogP contribution in [-0.2, 0) is 37.9 Å². The van der Waals surface area contributed by atoms with E-state index in [1.165, 1.54) is 26.7 Å². The molecule has 2 spiro atoms. The second-order valence-electron chi connectivity index (χ2n) is 7.51. The highest BCUT2D eigenvalue weighted by atomic mass is 16.8. The molecule has 0 unspecified atom stereocenters. The second kappa shape index (κ2) is 7.68. The first-order chi connectivity index (χ1) is 14.9. The molecular formula is C23H26O8. The van der Waals surface area contributed by atoms with E-state index in [1.807, 2.05) is 6.08 Å². The Labute approximate surface area is 181 Å². The van der Waals surface area contributed by atoms with Gasteiger partial charge in [-0.15, -0.1) is 0 Å². The van der Waals surface area contributed by atoms with Crippen molar-refractivity contribution < 1.29 is 37.9 Å². The van der Waals surface area contributed by atoms with E-state index in [0.29, 0.717) is 47.4 Å². The lowest BCUT2D eigenvalue weighted by Crippen LogP contribution is -2.38. The number of hydrogen-bond donors (Lipinski definition) is 0. The van der Waals surface area contributed by atoms with Crippen LogP contribution in [0.3, 0.4) is 0 Å². The summed E-state index contributed by atoms with van der Waals surface area (Å²) in [6.45, 7) is 6.09. The molecule has 0 aromatic heterocycles. The van der Waals surface area contributed by atoms with E-state index in [-0.39, 0.29) is 0 Å². The van der Waals surface area contributed by atoms with Crippen LogP contribution >= 0.6 is 0 Å². The Balaban J connectivity index is 1.67. The normalized spacial score (nSPS) is 24.4. The van der Waals surface area contributed by atoms with Gasteiger partial charge >= 0.3 is 5.79 Å². The van der Waals surface area contributed by atoms with Gasteiger partial charge in [-0.25, -0.2) is 0 Å². The summed E-state index contributed by atoms with van der Waals surface area (Å²) < 4.78 is 45.0. The van der Waals surface area contributed by atoms with E-state index >= 15 is 0 Å². The Kier molecular flexibility index (Phi) is 5.16. The van der Waals surface area contributed by atoms with Gasteiger partial charge in [0.2, 0.25) is 11.5 Å². The Hall–Kier alpha value is -3.42. The van der Waals surface area contributed by atoms with Gasteiger partial charge in [-0.05, 0) is 31.4 Å². The number of methoxy groups -OCH3 is 4. The van der Waals surface area contributed by atoms with Gasteiger partial charge in [-0.2, -0.15) is 0 Å². The maximum atomic E-state index is 6.22. The summed E-state index contributed by atoms with van der Waals surface area (Å²) in [4.78, 5) is 0. The van der Waals surface area contributed by atoms with E-state index < -0.39 is 11.2 Å². The van der Waals surface area contributed by atoms with Crippen molar-refractivity contribution in [3.05, 3.63) is 83.4 Å². The summed E-state index contributed by atoms with van der Waals surface area (Å²) in [5, 5.41) is 0. The first kappa shape index (κ1) is 20.8. The lowest BCUT2D eigenvalue weighted by Gasteiger charge is -2.34. The molecule has 0 radical (unpaired) electrons. The van der Waals surface area contributed by atoms with Crippen LogP contribution in [0.25, 0.3) is 0 Å². The lowest BCUT2D eigenvalue weighted by molar-refractivity contribution is -0.140. The Bertz CT molecular complexity index is 936. The van der Waals surface area contributed by atoms with Crippen LogP contribution in [0.5, 0.6) is 0 Å². The molecule has 8 heteroatoms. The molecule has 166 valence electrons. The largest absolute Gasteiger partial charge is 0.497 e. The van der Waals surface area contributed by atoms with Crippen molar-refractivity contribution >= 4 is 0 Å². The molecule has 0 N–H and O–H groups in total. The maximum Gasteiger partial charge on any atom is 0.378 e. The fraction of sp³-hybridized carbons (Fsp3) is 0.391. The first-order valence-electron chi connectivity index (χ1n) is 9.71. The topological polar surface area (TPSA) is 73.8 Å². The Morgan fingerprint density at radius 1 is 0.806 bits per heavy atom. The molecule has 1 saturated heterocycles. The molecule has 31 heavy (non-hydrogen) atoms. The van der Waals surface area contributed by atoms with Gasteiger partial charge < -0.3 is 37.9 Å². The van der Waals surface area contributed by atoms with Gasteiger partial charge in [0.15, 0.2) is 11.5 Å². The highest BCUT2D eigenvalue weighted by Gasteiger charge is 2.56. The summed E-state index contributed by atoms with van der Waals surface area (Å²) >= 11 is 0. The summed E-state index contributed by atoms with van der Waals surface area (Å²) in [6, 6.07) is 0. The fourth-order valence-electron chi connectivity index (χ4n) is 4.34. The minimum atomic E-state index is -1.41. The summed E-state index contributed by atoms with van der Waals surface area (Å²) in [5.74, 6) is 1.44. The molecule has 0 atom stereocenters. The van der Waals surface area contributed by atoms with Gasteiger partial charge in [-0.1, -0.05) is 12.2 Å². The van der Waals surface area contributed by atoms with Crippen molar-refractivity contribution in [2.45, 2.75) is 25.6 Å². The average Bonchev–Trinajstić information content (AvgIpc) is 3.26. The van der Waals surface area contributed by atoms with Gasteiger partial charge in [0.05, 0.1) is 33.9 Å². The molecule has 4 rings (SSSR count). The number of ether oxygens (including phenoxy) is 8. The molecular weight excluding hydrogens is 404 g/mol. The first-order valence-corrected chi connectivity index (χ1v) is 9.71. The molecule has 0 amide bonds. The molecule has 8 nitrogen and oxygen atoms in total. The van der Waals surface area contributed by atoms with Crippen molar-refractivity contribution in [1.29, 1.82) is 0 Å². The fourth-order valence-corrected chi connectivity index (χ4v) is 4.34. The minimum absolute atomic E-state index is 0.309. The van der Waals surface area contributed by atoms with Crippen LogP contribution in [0.2, 0.25) is 0 Å². The minimum Gasteiger partial charge on any atom is -0.497 e. The highest BCUT2D eigenvalue weighted by Crippen LogP contribution is 2.55. The summed E-state index contributed by atoms with van der Waals surface area (Å²) in [5.41, 5.74) is 1.75. The van der Waals surface area contributed by atoms with E-state index in [1.54, 1.807) is 26.7 Å². The number of hydrogen-bond acceptors (Lipinski definition) is 8. The maximum absolute atomic E-state index is 6.22. The quantitative estimate of drug-likeness (QED) is 0.641. The molecule has 0 aromatic carbocycles. The predicted octanol–water partition coefficient (Wildman–Crippen LogP) is 4.24. The Morgan fingerprint density at radius 3 is 1.84 bits per heavy atom. The smallest absolute Gasteiger partial charge is 0.378 e. The van der Waals surface area contributed by atoms with Gasteiger partial charge in [0, 0.05) is 0 Å². The van der Waals surface area contributed by atoms with Gasteiger partial charge in [-0.3, -0.25) is 0 Å². The molecule has 1 fully saturated rings. The van der Waals surface area contributed by atoms with Crippen LogP contribution in [-0.4, -0.2) is 34.2 Å². The summed E-state index contributed by atoms with van der Waals surface area (Å²) in [6.07, 6.45) is 9.31. The second-order valence-corrected chi connectivity index (χ2v) is 7.51. The van der Waals surface area contributed by atoms with Crippen molar-refractivity contribution in [2.75, 3.05) is 28.4 Å². The van der Waals surface area contributed by atoms with E-state index in [0.717, 1.165) is 11.1 Å². The van der Waals surface area contributed by atoms with Gasteiger partial charge in [0.25, 0.3) is 0 Å². The number of rotatable bonds is 5. The van der Waals surface area contributed by atoms with E-state index in [9.17, 15) is 0 Å². The summed E-state index contributed by atoms with van der Waals surface area (Å²) in [7, 11) is 6.26. The van der Waals surface area contributed by atoms with E-state index in [4.69, 9.17) is 37.9 Å². The van der Waals surface area contributed by atoms with Gasteiger partial charge in [0.1, 0.15) is 36.6 Å². The van der Waals surface area contributed by atoms with Crippen LogP contribution in [0.4, 0.5) is 0 Å². The zero-order chi connectivity index (χ0) is 22.2. The number of allylic oxidation sites excluding steroid dienone is 3. The van der Waals surface area contributed by atoms with Crippen LogP contribution < -0.4 is 0 Å².